The average Bonchev–Trinajstić information content (AvgIpc) is 2.99. The zero-order valence-corrected chi connectivity index (χ0v) is 10.8. The number of thiophene rings is 1. The van der Waals surface area contributed by atoms with Crippen molar-refractivity contribution in [2.24, 2.45) is 0 Å². The Morgan fingerprint density at radius 1 is 1.47 bits per heavy atom. The number of aryl methyl sites for hydroxylation is 1. The number of rotatable bonds is 2. The van der Waals surface area contributed by atoms with Gasteiger partial charge in [-0.15, -0.1) is 11.3 Å². The molecule has 3 nitrogen and oxygen atoms in total. The SMILES string of the molecule is Cc1[nH]c(C2CCCNC2)nc1-c1cccs1. The maximum atomic E-state index is 4.79. The van der Waals surface area contributed by atoms with E-state index in [2.05, 4.69) is 34.7 Å². The molecule has 0 spiro atoms. The molecule has 4 heteroatoms. The van der Waals surface area contributed by atoms with Crippen molar-refractivity contribution in [1.82, 2.24) is 15.3 Å². The summed E-state index contributed by atoms with van der Waals surface area (Å²) in [6.07, 6.45) is 2.49. The van der Waals surface area contributed by atoms with Crippen LogP contribution in [-0.2, 0) is 0 Å². The van der Waals surface area contributed by atoms with Gasteiger partial charge in [0.25, 0.3) is 0 Å². The summed E-state index contributed by atoms with van der Waals surface area (Å²) in [5.74, 6) is 1.70. The molecule has 0 aliphatic carbocycles. The van der Waals surface area contributed by atoms with Crippen LogP contribution in [0.3, 0.4) is 0 Å². The molecule has 2 N–H and O–H groups in total. The van der Waals surface area contributed by atoms with Gasteiger partial charge < -0.3 is 10.3 Å². The fourth-order valence-electron chi connectivity index (χ4n) is 2.42. The Morgan fingerprint density at radius 3 is 3.12 bits per heavy atom. The van der Waals surface area contributed by atoms with E-state index < -0.39 is 0 Å². The van der Waals surface area contributed by atoms with Gasteiger partial charge in [0.15, 0.2) is 0 Å². The van der Waals surface area contributed by atoms with Gasteiger partial charge in [0.2, 0.25) is 0 Å². The standard InChI is InChI=1S/C13H17N3S/c1-9-12(11-5-3-7-17-11)16-13(15-9)10-4-2-6-14-8-10/h3,5,7,10,14H,2,4,6,8H2,1H3,(H,15,16). The first-order valence-electron chi connectivity index (χ1n) is 6.15. The Balaban J connectivity index is 1.90. The van der Waals surface area contributed by atoms with Gasteiger partial charge in [0.1, 0.15) is 11.5 Å². The lowest BCUT2D eigenvalue weighted by Crippen LogP contribution is -2.28. The van der Waals surface area contributed by atoms with Crippen molar-refractivity contribution < 1.29 is 0 Å². The highest BCUT2D eigenvalue weighted by molar-refractivity contribution is 7.13. The molecular formula is C13H17N3S. The lowest BCUT2D eigenvalue weighted by molar-refractivity contribution is 0.448. The van der Waals surface area contributed by atoms with Gasteiger partial charge in [-0.25, -0.2) is 4.98 Å². The largest absolute Gasteiger partial charge is 0.345 e. The van der Waals surface area contributed by atoms with Crippen LogP contribution in [0.4, 0.5) is 0 Å². The fourth-order valence-corrected chi connectivity index (χ4v) is 3.19. The van der Waals surface area contributed by atoms with E-state index in [9.17, 15) is 0 Å². The minimum atomic E-state index is 0.552. The maximum absolute atomic E-state index is 4.79. The van der Waals surface area contributed by atoms with Crippen LogP contribution in [0, 0.1) is 6.92 Å². The molecule has 3 rings (SSSR count). The van der Waals surface area contributed by atoms with Crippen molar-refractivity contribution >= 4 is 11.3 Å². The molecule has 1 unspecified atom stereocenters. The monoisotopic (exact) mass is 247 g/mol. The minimum Gasteiger partial charge on any atom is -0.345 e. The minimum absolute atomic E-state index is 0.552. The normalized spacial score (nSPS) is 20.6. The number of aromatic nitrogens is 2. The topological polar surface area (TPSA) is 40.7 Å². The molecule has 1 atom stereocenters. The van der Waals surface area contributed by atoms with E-state index in [4.69, 9.17) is 4.98 Å². The van der Waals surface area contributed by atoms with Crippen LogP contribution < -0.4 is 5.32 Å². The van der Waals surface area contributed by atoms with Crippen molar-refractivity contribution in [3.05, 3.63) is 29.0 Å². The average molecular weight is 247 g/mol. The Hall–Kier alpha value is -1.13. The summed E-state index contributed by atoms with van der Waals surface area (Å²) in [7, 11) is 0. The van der Waals surface area contributed by atoms with E-state index in [-0.39, 0.29) is 0 Å². The molecule has 0 amide bonds. The predicted octanol–water partition coefficient (Wildman–Crippen LogP) is 2.91. The van der Waals surface area contributed by atoms with Crippen LogP contribution >= 0.6 is 11.3 Å². The molecule has 1 fully saturated rings. The second kappa shape index (κ2) is 4.63. The summed E-state index contributed by atoms with van der Waals surface area (Å²) in [5.41, 5.74) is 2.31. The van der Waals surface area contributed by atoms with E-state index in [1.165, 1.54) is 23.4 Å². The summed E-state index contributed by atoms with van der Waals surface area (Å²) < 4.78 is 0. The summed E-state index contributed by atoms with van der Waals surface area (Å²) in [5, 5.41) is 5.54. The van der Waals surface area contributed by atoms with E-state index in [1.54, 1.807) is 11.3 Å². The van der Waals surface area contributed by atoms with Crippen molar-refractivity contribution in [2.75, 3.05) is 13.1 Å². The number of H-pyrrole nitrogens is 1. The molecule has 1 aliphatic rings. The van der Waals surface area contributed by atoms with Gasteiger partial charge in [0.05, 0.1) is 4.88 Å². The van der Waals surface area contributed by atoms with Gasteiger partial charge in [-0.3, -0.25) is 0 Å². The predicted molar refractivity (Wildman–Crippen MR) is 71.5 cm³/mol. The van der Waals surface area contributed by atoms with Gasteiger partial charge in [-0.05, 0) is 37.8 Å². The third-order valence-corrected chi connectivity index (χ3v) is 4.22. The number of aromatic amines is 1. The highest BCUT2D eigenvalue weighted by Crippen LogP contribution is 2.29. The highest BCUT2D eigenvalue weighted by atomic mass is 32.1. The fraction of sp³-hybridized carbons (Fsp3) is 0.462. The van der Waals surface area contributed by atoms with Crippen LogP contribution in [0.2, 0.25) is 0 Å². The number of nitrogens with zero attached hydrogens (tertiary/aromatic N) is 1. The maximum Gasteiger partial charge on any atom is 0.111 e. The van der Waals surface area contributed by atoms with Crippen molar-refractivity contribution in [1.29, 1.82) is 0 Å². The highest BCUT2D eigenvalue weighted by Gasteiger charge is 2.20. The van der Waals surface area contributed by atoms with Crippen molar-refractivity contribution in [3.8, 4) is 10.6 Å². The third-order valence-electron chi connectivity index (χ3n) is 3.34. The summed E-state index contributed by atoms with van der Waals surface area (Å²) in [4.78, 5) is 9.51. The second-order valence-corrected chi connectivity index (χ2v) is 5.56. The van der Waals surface area contributed by atoms with Crippen LogP contribution in [0.5, 0.6) is 0 Å². The number of nitrogens with one attached hydrogen (secondary N) is 2. The summed E-state index contributed by atoms with van der Waals surface area (Å²) in [6.45, 7) is 4.31. The van der Waals surface area contributed by atoms with Gasteiger partial charge in [0, 0.05) is 18.2 Å². The van der Waals surface area contributed by atoms with Crippen molar-refractivity contribution in [3.63, 3.8) is 0 Å². The van der Waals surface area contributed by atoms with Crippen LogP contribution in [0.25, 0.3) is 10.6 Å². The molecular weight excluding hydrogens is 230 g/mol. The van der Waals surface area contributed by atoms with E-state index in [1.807, 2.05) is 0 Å². The van der Waals surface area contributed by atoms with E-state index in [0.717, 1.165) is 24.6 Å². The molecule has 1 aliphatic heterocycles. The number of imidazole rings is 1. The molecule has 90 valence electrons. The number of hydrogen-bond acceptors (Lipinski definition) is 3. The zero-order valence-electron chi connectivity index (χ0n) is 9.99. The Morgan fingerprint density at radius 2 is 2.41 bits per heavy atom. The smallest absolute Gasteiger partial charge is 0.111 e. The first-order chi connectivity index (χ1) is 8.34. The molecule has 3 heterocycles. The summed E-state index contributed by atoms with van der Waals surface area (Å²) >= 11 is 1.75. The Kier molecular flexibility index (Phi) is 2.99. The van der Waals surface area contributed by atoms with E-state index in [0.29, 0.717) is 5.92 Å². The molecule has 17 heavy (non-hydrogen) atoms. The Bertz CT molecular complexity index is 481. The molecule has 1 saturated heterocycles. The third kappa shape index (κ3) is 2.15. The first kappa shape index (κ1) is 11.0. The zero-order chi connectivity index (χ0) is 11.7. The molecule has 0 aromatic carbocycles. The number of piperidine rings is 1. The molecule has 0 bridgehead atoms. The second-order valence-electron chi connectivity index (χ2n) is 4.62. The molecule has 2 aromatic rings. The van der Waals surface area contributed by atoms with Crippen LogP contribution in [0.1, 0.15) is 30.3 Å². The van der Waals surface area contributed by atoms with Gasteiger partial charge in [-0.1, -0.05) is 6.07 Å². The molecule has 2 aromatic heterocycles. The van der Waals surface area contributed by atoms with Gasteiger partial charge >= 0.3 is 0 Å². The number of hydrogen-bond donors (Lipinski definition) is 2. The lowest BCUT2D eigenvalue weighted by atomic mass is 9.99. The van der Waals surface area contributed by atoms with E-state index >= 15 is 0 Å². The lowest BCUT2D eigenvalue weighted by Gasteiger charge is -2.20. The molecule has 0 radical (unpaired) electrons. The van der Waals surface area contributed by atoms with Crippen LogP contribution in [0.15, 0.2) is 17.5 Å². The Labute approximate surface area is 105 Å². The first-order valence-corrected chi connectivity index (χ1v) is 7.03. The van der Waals surface area contributed by atoms with Crippen LogP contribution in [-0.4, -0.2) is 23.1 Å². The van der Waals surface area contributed by atoms with Gasteiger partial charge in [-0.2, -0.15) is 0 Å². The quantitative estimate of drug-likeness (QED) is 0.856. The summed E-state index contributed by atoms with van der Waals surface area (Å²) in [6, 6.07) is 4.21. The van der Waals surface area contributed by atoms with Crippen molar-refractivity contribution in [2.45, 2.75) is 25.7 Å². The molecule has 0 saturated carbocycles.